The Morgan fingerprint density at radius 3 is 2.68 bits per heavy atom. The second-order valence-electron chi connectivity index (χ2n) is 4.94. The van der Waals surface area contributed by atoms with Crippen LogP contribution in [0.3, 0.4) is 0 Å². The fourth-order valence-corrected chi connectivity index (χ4v) is 3.21. The molecule has 0 saturated heterocycles. The summed E-state index contributed by atoms with van der Waals surface area (Å²) in [5.41, 5.74) is 6.45. The third-order valence-electron chi connectivity index (χ3n) is 3.15. The highest BCUT2D eigenvalue weighted by Gasteiger charge is 2.29. The van der Waals surface area contributed by atoms with Crippen molar-refractivity contribution in [1.82, 2.24) is 4.72 Å². The van der Waals surface area contributed by atoms with Crippen LogP contribution in [0, 0.1) is 0 Å². The number of sulfonamides is 1. The Bertz CT molecular complexity index is 526. The van der Waals surface area contributed by atoms with Gasteiger partial charge in [0.05, 0.1) is 5.69 Å². The lowest BCUT2D eigenvalue weighted by molar-refractivity contribution is 0.581. The first-order valence-electron chi connectivity index (χ1n) is 6.63. The van der Waals surface area contributed by atoms with Gasteiger partial charge < -0.3 is 11.1 Å². The zero-order chi connectivity index (χ0) is 13.9. The van der Waals surface area contributed by atoms with Gasteiger partial charge in [-0.25, -0.2) is 13.1 Å². The molecule has 1 aliphatic carbocycles. The van der Waals surface area contributed by atoms with Crippen LogP contribution >= 0.6 is 0 Å². The first kappa shape index (κ1) is 14.3. The van der Waals surface area contributed by atoms with Crippen molar-refractivity contribution in [2.45, 2.75) is 43.2 Å². The molecule has 4 N–H and O–H groups in total. The molecule has 1 atom stereocenters. The maximum Gasteiger partial charge on any atom is 0.242 e. The summed E-state index contributed by atoms with van der Waals surface area (Å²) in [6.45, 7) is 2.57. The number of hydrogen-bond acceptors (Lipinski definition) is 4. The van der Waals surface area contributed by atoms with E-state index in [0.717, 1.165) is 19.3 Å². The molecule has 5 nitrogen and oxygen atoms in total. The molecular weight excluding hydrogens is 262 g/mol. The summed E-state index contributed by atoms with van der Waals surface area (Å²) >= 11 is 0. The molecule has 1 aromatic rings. The molecule has 0 radical (unpaired) electrons. The molecule has 0 spiro atoms. The second kappa shape index (κ2) is 5.90. The summed E-state index contributed by atoms with van der Waals surface area (Å²) in [7, 11) is -3.44. The largest absolute Gasteiger partial charge is 0.382 e. The van der Waals surface area contributed by atoms with Gasteiger partial charge in [0.15, 0.2) is 0 Å². The van der Waals surface area contributed by atoms with Gasteiger partial charge in [0, 0.05) is 18.6 Å². The molecule has 1 aromatic carbocycles. The molecule has 0 aromatic heterocycles. The molecule has 0 heterocycles. The molecular formula is C13H21N3O2S. The average molecular weight is 283 g/mol. The van der Waals surface area contributed by atoms with E-state index in [1.807, 2.05) is 13.0 Å². The van der Waals surface area contributed by atoms with Crippen molar-refractivity contribution in [3.8, 4) is 0 Å². The Morgan fingerprint density at radius 2 is 2.05 bits per heavy atom. The first-order chi connectivity index (χ1) is 9.03. The Morgan fingerprint density at radius 1 is 1.37 bits per heavy atom. The normalized spacial score (nSPS) is 17.2. The van der Waals surface area contributed by atoms with Crippen LogP contribution in [0.2, 0.25) is 0 Å². The molecule has 0 amide bonds. The summed E-state index contributed by atoms with van der Waals surface area (Å²) in [4.78, 5) is 0.296. The molecule has 1 fully saturated rings. The van der Waals surface area contributed by atoms with Crippen LogP contribution in [-0.4, -0.2) is 27.0 Å². The standard InChI is InChI=1S/C13H21N3O2S/c1-2-10(14)9-15-12-5-3-4-6-13(12)19(17,18)16-11-7-8-11/h3-6,10-11,15-16H,2,7-9,14H2,1H3. The third-order valence-corrected chi connectivity index (χ3v) is 4.73. The third kappa shape index (κ3) is 3.92. The van der Waals surface area contributed by atoms with Crippen molar-refractivity contribution in [2.24, 2.45) is 5.73 Å². The molecule has 106 valence electrons. The quantitative estimate of drug-likeness (QED) is 0.704. The van der Waals surface area contributed by atoms with Gasteiger partial charge in [-0.15, -0.1) is 0 Å². The zero-order valence-corrected chi connectivity index (χ0v) is 11.9. The monoisotopic (exact) mass is 283 g/mol. The van der Waals surface area contributed by atoms with Gasteiger partial charge in [0.2, 0.25) is 10.0 Å². The van der Waals surface area contributed by atoms with Crippen molar-refractivity contribution in [1.29, 1.82) is 0 Å². The van der Waals surface area contributed by atoms with Crippen LogP contribution in [0.4, 0.5) is 5.69 Å². The Kier molecular flexibility index (Phi) is 4.44. The van der Waals surface area contributed by atoms with E-state index in [0.29, 0.717) is 17.1 Å². The predicted molar refractivity (Wildman–Crippen MR) is 76.5 cm³/mol. The Hall–Kier alpha value is -1.11. The fourth-order valence-electron chi connectivity index (χ4n) is 1.72. The molecule has 0 aliphatic heterocycles. The number of para-hydroxylation sites is 1. The highest BCUT2D eigenvalue weighted by molar-refractivity contribution is 7.89. The minimum absolute atomic E-state index is 0.0205. The average Bonchev–Trinajstić information content (AvgIpc) is 3.19. The first-order valence-corrected chi connectivity index (χ1v) is 8.12. The summed E-state index contributed by atoms with van der Waals surface area (Å²) in [6.07, 6.45) is 2.70. The van der Waals surface area contributed by atoms with E-state index in [2.05, 4.69) is 10.0 Å². The summed E-state index contributed by atoms with van der Waals surface area (Å²) < 4.78 is 27.2. The summed E-state index contributed by atoms with van der Waals surface area (Å²) in [5.74, 6) is 0. The number of nitrogens with one attached hydrogen (secondary N) is 2. The van der Waals surface area contributed by atoms with Gasteiger partial charge in [0.1, 0.15) is 4.90 Å². The minimum atomic E-state index is -3.44. The topological polar surface area (TPSA) is 84.2 Å². The smallest absolute Gasteiger partial charge is 0.242 e. The molecule has 6 heteroatoms. The van der Waals surface area contributed by atoms with Gasteiger partial charge in [0.25, 0.3) is 0 Å². The molecule has 1 aliphatic rings. The van der Waals surface area contributed by atoms with E-state index in [9.17, 15) is 8.42 Å². The molecule has 19 heavy (non-hydrogen) atoms. The van der Waals surface area contributed by atoms with Crippen LogP contribution < -0.4 is 15.8 Å². The van der Waals surface area contributed by atoms with Crippen LogP contribution in [0.25, 0.3) is 0 Å². The van der Waals surface area contributed by atoms with Crippen molar-refractivity contribution in [3.05, 3.63) is 24.3 Å². The van der Waals surface area contributed by atoms with Crippen molar-refractivity contribution >= 4 is 15.7 Å². The zero-order valence-electron chi connectivity index (χ0n) is 11.1. The number of rotatable bonds is 7. The van der Waals surface area contributed by atoms with Crippen LogP contribution in [0.1, 0.15) is 26.2 Å². The highest BCUT2D eigenvalue weighted by Crippen LogP contribution is 2.25. The summed E-state index contributed by atoms with van der Waals surface area (Å²) in [6, 6.07) is 7.06. The van der Waals surface area contributed by atoms with Crippen LogP contribution in [0.15, 0.2) is 29.2 Å². The predicted octanol–water partition coefficient (Wildman–Crippen LogP) is 1.28. The lowest BCUT2D eigenvalue weighted by Gasteiger charge is -2.15. The van der Waals surface area contributed by atoms with Crippen molar-refractivity contribution in [3.63, 3.8) is 0 Å². The van der Waals surface area contributed by atoms with Gasteiger partial charge in [-0.3, -0.25) is 0 Å². The number of anilines is 1. The summed E-state index contributed by atoms with van der Waals surface area (Å²) in [5, 5.41) is 3.12. The lowest BCUT2D eigenvalue weighted by Crippen LogP contribution is -2.30. The van der Waals surface area contributed by atoms with Gasteiger partial charge in [-0.1, -0.05) is 19.1 Å². The maximum absolute atomic E-state index is 12.2. The van der Waals surface area contributed by atoms with Crippen molar-refractivity contribution in [2.75, 3.05) is 11.9 Å². The van der Waals surface area contributed by atoms with E-state index in [1.54, 1.807) is 18.2 Å². The maximum atomic E-state index is 12.2. The van der Waals surface area contributed by atoms with Crippen molar-refractivity contribution < 1.29 is 8.42 Å². The van der Waals surface area contributed by atoms with Gasteiger partial charge in [-0.2, -0.15) is 0 Å². The van der Waals surface area contributed by atoms with E-state index < -0.39 is 10.0 Å². The number of hydrogen-bond donors (Lipinski definition) is 3. The fraction of sp³-hybridized carbons (Fsp3) is 0.538. The Balaban J connectivity index is 2.15. The van der Waals surface area contributed by atoms with E-state index >= 15 is 0 Å². The Labute approximate surface area is 114 Å². The van der Waals surface area contributed by atoms with E-state index in [4.69, 9.17) is 5.73 Å². The number of nitrogens with two attached hydrogens (primary N) is 1. The second-order valence-corrected chi connectivity index (χ2v) is 6.62. The SMILES string of the molecule is CCC(N)CNc1ccccc1S(=O)(=O)NC1CC1. The van der Waals surface area contributed by atoms with Crippen LogP contribution in [-0.2, 0) is 10.0 Å². The molecule has 1 saturated carbocycles. The molecule has 1 unspecified atom stereocenters. The lowest BCUT2D eigenvalue weighted by atomic mass is 10.2. The minimum Gasteiger partial charge on any atom is -0.382 e. The van der Waals surface area contributed by atoms with E-state index in [1.165, 1.54) is 0 Å². The highest BCUT2D eigenvalue weighted by atomic mass is 32.2. The molecule has 0 bridgehead atoms. The van der Waals surface area contributed by atoms with Gasteiger partial charge >= 0.3 is 0 Å². The van der Waals surface area contributed by atoms with E-state index in [-0.39, 0.29) is 12.1 Å². The van der Waals surface area contributed by atoms with Gasteiger partial charge in [-0.05, 0) is 31.4 Å². The van der Waals surface area contributed by atoms with Crippen LogP contribution in [0.5, 0.6) is 0 Å². The molecule has 2 rings (SSSR count). The number of benzene rings is 1.